The van der Waals surface area contributed by atoms with Gasteiger partial charge in [0.25, 0.3) is 5.91 Å². The third-order valence-corrected chi connectivity index (χ3v) is 5.84. The van der Waals surface area contributed by atoms with Gasteiger partial charge < -0.3 is 20.1 Å². The zero-order chi connectivity index (χ0) is 23.2. The van der Waals surface area contributed by atoms with Gasteiger partial charge in [-0.25, -0.2) is 0 Å². The fourth-order valence-electron chi connectivity index (χ4n) is 3.88. The minimum absolute atomic E-state index is 0.0629. The molecule has 0 radical (unpaired) electrons. The summed E-state index contributed by atoms with van der Waals surface area (Å²) in [4.78, 5) is 27.9. The van der Waals surface area contributed by atoms with Crippen molar-refractivity contribution in [3.63, 3.8) is 0 Å². The Morgan fingerprint density at radius 1 is 0.909 bits per heavy atom. The van der Waals surface area contributed by atoms with E-state index in [4.69, 9.17) is 9.47 Å². The van der Waals surface area contributed by atoms with Gasteiger partial charge in [0.05, 0.1) is 31.1 Å². The molecule has 0 bridgehead atoms. The molecule has 7 nitrogen and oxygen atoms in total. The van der Waals surface area contributed by atoms with Crippen molar-refractivity contribution in [1.29, 1.82) is 0 Å². The molecule has 0 aliphatic heterocycles. The van der Waals surface area contributed by atoms with Crippen LogP contribution in [-0.4, -0.2) is 49.1 Å². The van der Waals surface area contributed by atoms with Crippen LogP contribution in [0.3, 0.4) is 0 Å². The number of carbonyl (C=O) groups excluding carboxylic acids is 2. The number of hydrogen-bond acceptors (Lipinski definition) is 5. The molecule has 4 rings (SSSR count). The highest BCUT2D eigenvalue weighted by molar-refractivity contribution is 6.05. The number of nitrogens with one attached hydrogen (secondary N) is 2. The lowest BCUT2D eigenvalue weighted by Gasteiger charge is -2.22. The molecule has 0 aromatic heterocycles. The van der Waals surface area contributed by atoms with Gasteiger partial charge in [0.2, 0.25) is 5.91 Å². The van der Waals surface area contributed by atoms with E-state index >= 15 is 0 Å². The Morgan fingerprint density at radius 2 is 1.52 bits per heavy atom. The van der Waals surface area contributed by atoms with E-state index in [0.717, 1.165) is 12.5 Å². The van der Waals surface area contributed by atoms with Crippen LogP contribution in [0, 0.1) is 5.92 Å². The SMILES string of the molecule is CCOc1cc(NC(=O)c2ccccc2)c(OCC)cc1NC(=O)CN(CC1CC1)C1CC1. The largest absolute Gasteiger partial charge is 0.492 e. The molecule has 0 spiro atoms. The second kappa shape index (κ2) is 10.7. The summed E-state index contributed by atoms with van der Waals surface area (Å²) >= 11 is 0. The van der Waals surface area contributed by atoms with Crippen molar-refractivity contribution < 1.29 is 19.1 Å². The van der Waals surface area contributed by atoms with Crippen LogP contribution in [0.5, 0.6) is 11.5 Å². The normalized spacial score (nSPS) is 15.2. The first-order valence-electron chi connectivity index (χ1n) is 11.9. The predicted molar refractivity (Wildman–Crippen MR) is 129 cm³/mol. The number of nitrogens with zero attached hydrogens (tertiary/aromatic N) is 1. The van der Waals surface area contributed by atoms with Crippen molar-refractivity contribution in [2.75, 3.05) is 36.9 Å². The molecular formula is C26H33N3O4. The molecule has 2 aromatic rings. The lowest BCUT2D eigenvalue weighted by atomic mass is 10.2. The van der Waals surface area contributed by atoms with Gasteiger partial charge in [-0.1, -0.05) is 18.2 Å². The molecule has 2 N–H and O–H groups in total. The number of carbonyl (C=O) groups is 2. The molecule has 0 saturated heterocycles. The highest BCUT2D eigenvalue weighted by atomic mass is 16.5. The van der Waals surface area contributed by atoms with Gasteiger partial charge in [-0.05, 0) is 57.6 Å². The van der Waals surface area contributed by atoms with E-state index in [1.165, 1.54) is 25.7 Å². The molecule has 2 amide bonds. The Hall–Kier alpha value is -3.06. The first-order valence-corrected chi connectivity index (χ1v) is 11.9. The molecule has 2 aliphatic rings. The van der Waals surface area contributed by atoms with Crippen LogP contribution < -0.4 is 20.1 Å². The summed E-state index contributed by atoms with van der Waals surface area (Å²) in [6.45, 7) is 6.00. The van der Waals surface area contributed by atoms with Crippen LogP contribution in [0.2, 0.25) is 0 Å². The Kier molecular flexibility index (Phi) is 7.50. The maximum absolute atomic E-state index is 12.9. The number of ether oxygens (including phenoxy) is 2. The van der Waals surface area contributed by atoms with Crippen LogP contribution in [0.25, 0.3) is 0 Å². The van der Waals surface area contributed by atoms with Gasteiger partial charge in [-0.3, -0.25) is 14.5 Å². The lowest BCUT2D eigenvalue weighted by Crippen LogP contribution is -2.36. The summed E-state index contributed by atoms with van der Waals surface area (Å²) in [5.74, 6) is 1.42. The molecule has 2 fully saturated rings. The van der Waals surface area contributed by atoms with Crippen LogP contribution >= 0.6 is 0 Å². The minimum Gasteiger partial charge on any atom is -0.492 e. The zero-order valence-corrected chi connectivity index (χ0v) is 19.4. The van der Waals surface area contributed by atoms with Gasteiger partial charge in [0, 0.05) is 30.3 Å². The van der Waals surface area contributed by atoms with E-state index in [2.05, 4.69) is 15.5 Å². The monoisotopic (exact) mass is 451 g/mol. The Morgan fingerprint density at radius 3 is 2.06 bits per heavy atom. The summed E-state index contributed by atoms with van der Waals surface area (Å²) in [6.07, 6.45) is 4.89. The summed E-state index contributed by atoms with van der Waals surface area (Å²) in [5, 5.41) is 5.92. The molecule has 2 aliphatic carbocycles. The van der Waals surface area contributed by atoms with Gasteiger partial charge in [-0.15, -0.1) is 0 Å². The van der Waals surface area contributed by atoms with Gasteiger partial charge >= 0.3 is 0 Å². The summed E-state index contributed by atoms with van der Waals surface area (Å²) in [6, 6.07) is 13.0. The Labute approximate surface area is 195 Å². The number of hydrogen-bond donors (Lipinski definition) is 2. The third kappa shape index (κ3) is 6.48. The van der Waals surface area contributed by atoms with E-state index in [-0.39, 0.29) is 11.8 Å². The molecule has 2 aromatic carbocycles. The number of benzene rings is 2. The van der Waals surface area contributed by atoms with Crippen LogP contribution in [-0.2, 0) is 4.79 Å². The van der Waals surface area contributed by atoms with E-state index in [0.29, 0.717) is 54.2 Å². The maximum atomic E-state index is 12.9. The predicted octanol–water partition coefficient (Wildman–Crippen LogP) is 4.55. The number of amides is 2. The molecule has 2 saturated carbocycles. The first-order chi connectivity index (χ1) is 16.1. The van der Waals surface area contributed by atoms with E-state index in [1.54, 1.807) is 24.3 Å². The van der Waals surface area contributed by atoms with Gasteiger partial charge in [-0.2, -0.15) is 0 Å². The highest BCUT2D eigenvalue weighted by Crippen LogP contribution is 2.38. The van der Waals surface area contributed by atoms with Crippen LogP contribution in [0.4, 0.5) is 11.4 Å². The Balaban J connectivity index is 1.51. The lowest BCUT2D eigenvalue weighted by molar-refractivity contribution is -0.117. The molecule has 176 valence electrons. The second-order valence-corrected chi connectivity index (χ2v) is 8.68. The molecule has 33 heavy (non-hydrogen) atoms. The zero-order valence-electron chi connectivity index (χ0n) is 19.4. The number of anilines is 2. The fraction of sp³-hybridized carbons (Fsp3) is 0.462. The van der Waals surface area contributed by atoms with Gasteiger partial charge in [0.1, 0.15) is 11.5 Å². The smallest absolute Gasteiger partial charge is 0.255 e. The van der Waals surface area contributed by atoms with Crippen molar-refractivity contribution in [2.45, 2.75) is 45.6 Å². The highest BCUT2D eigenvalue weighted by Gasteiger charge is 2.34. The van der Waals surface area contributed by atoms with Gasteiger partial charge in [0.15, 0.2) is 0 Å². The number of rotatable bonds is 12. The topological polar surface area (TPSA) is 79.9 Å². The molecular weight excluding hydrogens is 418 g/mol. The molecule has 7 heteroatoms. The standard InChI is InChI=1S/C26H33N3O4/c1-3-32-23-15-22(28-26(31)19-8-6-5-7-9-19)24(33-4-2)14-21(23)27-25(30)17-29(20-12-13-20)16-18-10-11-18/h5-9,14-15,18,20H,3-4,10-13,16-17H2,1-2H3,(H,27,30)(H,28,31). The summed E-state index contributed by atoms with van der Waals surface area (Å²) < 4.78 is 11.6. The van der Waals surface area contributed by atoms with E-state index in [9.17, 15) is 9.59 Å². The molecule has 0 unspecified atom stereocenters. The van der Waals surface area contributed by atoms with Crippen molar-refractivity contribution in [3.05, 3.63) is 48.0 Å². The summed E-state index contributed by atoms with van der Waals surface area (Å²) in [7, 11) is 0. The quantitative estimate of drug-likeness (QED) is 0.495. The fourth-order valence-corrected chi connectivity index (χ4v) is 3.88. The molecule has 0 atom stereocenters. The van der Waals surface area contributed by atoms with Crippen molar-refractivity contribution in [3.8, 4) is 11.5 Å². The third-order valence-electron chi connectivity index (χ3n) is 5.84. The van der Waals surface area contributed by atoms with Crippen molar-refractivity contribution in [1.82, 2.24) is 4.90 Å². The maximum Gasteiger partial charge on any atom is 0.255 e. The molecule has 0 heterocycles. The van der Waals surface area contributed by atoms with Crippen molar-refractivity contribution in [2.24, 2.45) is 5.92 Å². The van der Waals surface area contributed by atoms with Crippen LogP contribution in [0.15, 0.2) is 42.5 Å². The van der Waals surface area contributed by atoms with Crippen molar-refractivity contribution >= 4 is 23.2 Å². The average Bonchev–Trinajstić information content (AvgIpc) is 3.71. The first kappa shape index (κ1) is 23.1. The minimum atomic E-state index is -0.240. The van der Waals surface area contributed by atoms with E-state index < -0.39 is 0 Å². The average molecular weight is 452 g/mol. The van der Waals surface area contributed by atoms with E-state index in [1.807, 2.05) is 32.0 Å². The Bertz CT molecular complexity index is 971. The summed E-state index contributed by atoms with van der Waals surface area (Å²) in [5.41, 5.74) is 1.59. The van der Waals surface area contributed by atoms with Crippen LogP contribution in [0.1, 0.15) is 49.9 Å². The second-order valence-electron chi connectivity index (χ2n) is 8.68.